The molecule has 6 nitrogen and oxygen atoms in total. The highest BCUT2D eigenvalue weighted by atomic mass is 33.1. The first kappa shape index (κ1) is 15.6. The molecule has 6 N–H and O–H groups in total. The molecule has 1 aromatic rings. The van der Waals surface area contributed by atoms with E-state index < -0.39 is 23.2 Å². The van der Waals surface area contributed by atoms with Crippen LogP contribution in [0.25, 0.3) is 0 Å². The lowest BCUT2D eigenvalue weighted by molar-refractivity contribution is -0.204. The minimum absolute atomic E-state index is 0.169. The Labute approximate surface area is 125 Å². The molecule has 1 aromatic carbocycles. The third-order valence-electron chi connectivity index (χ3n) is 3.24. The van der Waals surface area contributed by atoms with Crippen molar-refractivity contribution in [2.45, 2.75) is 23.2 Å². The molecular formula is C12H15N2O4S2. The van der Waals surface area contributed by atoms with Crippen molar-refractivity contribution in [3.05, 3.63) is 35.4 Å². The number of ether oxygens (including phenoxy) is 1. The van der Waals surface area contributed by atoms with Gasteiger partial charge in [0, 0.05) is 11.1 Å². The lowest BCUT2D eigenvalue weighted by Crippen LogP contribution is -2.57. The van der Waals surface area contributed by atoms with Crippen LogP contribution in [0.15, 0.2) is 18.2 Å². The summed E-state index contributed by atoms with van der Waals surface area (Å²) < 4.78 is 5.54. The van der Waals surface area contributed by atoms with Gasteiger partial charge in [0.05, 0.1) is 6.61 Å². The molecule has 2 rings (SSSR count). The van der Waals surface area contributed by atoms with E-state index in [0.717, 1.165) is 10.8 Å². The van der Waals surface area contributed by atoms with Crippen LogP contribution in [0.5, 0.6) is 0 Å². The van der Waals surface area contributed by atoms with Gasteiger partial charge in [0.15, 0.2) is 4.93 Å². The molecule has 1 heterocycles. The number of aliphatic hydroxyl groups is 3. The van der Waals surface area contributed by atoms with Crippen LogP contribution in [-0.4, -0.2) is 46.1 Å². The van der Waals surface area contributed by atoms with Gasteiger partial charge in [0.2, 0.25) is 0 Å². The molecule has 0 unspecified atom stereocenters. The van der Waals surface area contributed by atoms with Gasteiger partial charge in [-0.15, -0.1) is 11.7 Å². The topological polar surface area (TPSA) is 120 Å². The Bertz CT molecular complexity index is 516. The molecule has 1 fully saturated rings. The fourth-order valence-electron chi connectivity index (χ4n) is 2.15. The fraction of sp³-hybridized carbons (Fsp3) is 0.417. The zero-order valence-corrected chi connectivity index (χ0v) is 12.1. The van der Waals surface area contributed by atoms with Gasteiger partial charge < -0.3 is 25.8 Å². The highest BCUT2D eigenvalue weighted by Gasteiger charge is 2.51. The molecule has 109 valence electrons. The first-order valence-corrected chi connectivity index (χ1v) is 7.66. The van der Waals surface area contributed by atoms with Crippen LogP contribution >= 0.6 is 22.5 Å². The Balaban J connectivity index is 2.54. The Morgan fingerprint density at radius 2 is 2.25 bits per heavy atom. The lowest BCUT2D eigenvalue weighted by atomic mass is 9.90. The van der Waals surface area contributed by atoms with Crippen LogP contribution in [-0.2, 0) is 9.67 Å². The maximum atomic E-state index is 10.3. The van der Waals surface area contributed by atoms with Crippen LogP contribution in [0, 0.1) is 11.5 Å². The van der Waals surface area contributed by atoms with E-state index in [1.807, 2.05) is 0 Å². The third kappa shape index (κ3) is 2.43. The zero-order chi connectivity index (χ0) is 14.9. The third-order valence-corrected chi connectivity index (χ3v) is 4.91. The first-order valence-electron chi connectivity index (χ1n) is 5.79. The molecule has 1 aliphatic heterocycles. The molecule has 0 saturated carbocycles. The molecule has 0 amide bonds. The van der Waals surface area contributed by atoms with Gasteiger partial charge >= 0.3 is 0 Å². The number of hydrogen-bond donors (Lipinski definition) is 6. The van der Waals surface area contributed by atoms with E-state index in [1.165, 1.54) is 6.07 Å². The van der Waals surface area contributed by atoms with E-state index in [1.54, 1.807) is 12.1 Å². The molecule has 0 spiro atoms. The molecule has 0 bridgehead atoms. The molecule has 1 aliphatic rings. The van der Waals surface area contributed by atoms with Crippen molar-refractivity contribution >= 4 is 28.3 Å². The maximum absolute atomic E-state index is 10.3. The van der Waals surface area contributed by atoms with Crippen molar-refractivity contribution in [3.8, 4) is 0 Å². The summed E-state index contributed by atoms with van der Waals surface area (Å²) in [7, 11) is 0.871. The predicted molar refractivity (Wildman–Crippen MR) is 78.5 cm³/mol. The van der Waals surface area contributed by atoms with Gasteiger partial charge in [0.25, 0.3) is 0 Å². The second kappa shape index (κ2) is 5.92. The average molecular weight is 315 g/mol. The van der Waals surface area contributed by atoms with E-state index in [9.17, 15) is 15.3 Å². The van der Waals surface area contributed by atoms with E-state index in [2.05, 4.69) is 17.7 Å². The zero-order valence-electron chi connectivity index (χ0n) is 10.4. The van der Waals surface area contributed by atoms with E-state index in [4.69, 9.17) is 15.9 Å². The van der Waals surface area contributed by atoms with Crippen molar-refractivity contribution in [2.75, 3.05) is 6.61 Å². The highest BCUT2D eigenvalue weighted by molar-refractivity contribution is 8.68. The van der Waals surface area contributed by atoms with Crippen molar-refractivity contribution in [3.63, 3.8) is 0 Å². The Hall–Kier alpha value is -0.770. The number of hydrogen-bond acceptors (Lipinski definition) is 7. The highest BCUT2D eigenvalue weighted by Crippen LogP contribution is 2.47. The first-order chi connectivity index (χ1) is 9.44. The van der Waals surface area contributed by atoms with Crippen LogP contribution in [0.2, 0.25) is 0 Å². The molecular weight excluding hydrogens is 300 g/mol. The monoisotopic (exact) mass is 315 g/mol. The maximum Gasteiger partial charge on any atom is 0.177 e. The van der Waals surface area contributed by atoms with Crippen molar-refractivity contribution in [2.24, 2.45) is 5.73 Å². The van der Waals surface area contributed by atoms with Crippen LogP contribution < -0.4 is 5.73 Å². The van der Waals surface area contributed by atoms with Crippen LogP contribution in [0.3, 0.4) is 0 Å². The molecule has 4 atom stereocenters. The summed E-state index contributed by atoms with van der Waals surface area (Å²) in [6.45, 7) is -0.169. The second-order valence-electron chi connectivity index (χ2n) is 4.46. The van der Waals surface area contributed by atoms with E-state index >= 15 is 0 Å². The number of nitrogens with one attached hydrogen (secondary N) is 1. The summed E-state index contributed by atoms with van der Waals surface area (Å²) in [5, 5.41) is 37.3. The number of nitrogens with two attached hydrogens (primary N) is 1. The average Bonchev–Trinajstić information content (AvgIpc) is 2.46. The molecule has 0 aliphatic carbocycles. The summed E-state index contributed by atoms with van der Waals surface area (Å²) in [4.78, 5) is -1.43. The van der Waals surface area contributed by atoms with Gasteiger partial charge in [-0.2, -0.15) is 0 Å². The van der Waals surface area contributed by atoms with Gasteiger partial charge in [-0.25, -0.2) is 0 Å². The Morgan fingerprint density at radius 3 is 2.85 bits per heavy atom. The largest absolute Gasteiger partial charge is 0.388 e. The Morgan fingerprint density at radius 1 is 1.55 bits per heavy atom. The SMILES string of the molecule is N=C(N)c1cc[c]cc1[C@]1(SS)OC[C@@H](O)[C@H](O)[C@H]1O. The number of amidine groups is 1. The molecule has 1 radical (unpaired) electrons. The minimum Gasteiger partial charge on any atom is -0.388 e. The van der Waals surface area contributed by atoms with E-state index in [0.29, 0.717) is 11.1 Å². The van der Waals surface area contributed by atoms with E-state index in [-0.39, 0.29) is 12.4 Å². The standard InChI is InChI=1S/C12H15N2O4S2/c13-11(14)6-3-1-2-4-7(6)12(20-19)10(17)9(16)8(15)5-18-12/h1,3-4,8-10,15-17,19H,5H2,(H3,13,14)/t8-,9+,10-,12-/m1/s1. The number of nitrogen functional groups attached to an aromatic ring is 1. The molecule has 8 heteroatoms. The normalized spacial score (nSPS) is 33.9. The predicted octanol–water partition coefficient (Wildman–Crippen LogP) is -0.385. The second-order valence-corrected chi connectivity index (χ2v) is 5.79. The number of benzene rings is 1. The minimum atomic E-state index is -1.43. The van der Waals surface area contributed by atoms with Gasteiger partial charge in [-0.1, -0.05) is 22.9 Å². The van der Waals surface area contributed by atoms with Gasteiger partial charge in [-0.3, -0.25) is 5.41 Å². The summed E-state index contributed by atoms with van der Waals surface area (Å²) in [5.41, 5.74) is 6.26. The van der Waals surface area contributed by atoms with Crippen LogP contribution in [0.1, 0.15) is 11.1 Å². The van der Waals surface area contributed by atoms with Gasteiger partial charge in [-0.05, 0) is 12.1 Å². The van der Waals surface area contributed by atoms with Crippen molar-refractivity contribution < 1.29 is 20.1 Å². The summed E-state index contributed by atoms with van der Waals surface area (Å²) in [6.07, 6.45) is -4.00. The summed E-state index contributed by atoms with van der Waals surface area (Å²) in [5.74, 6) is -0.202. The lowest BCUT2D eigenvalue weighted by Gasteiger charge is -2.44. The Kier molecular flexibility index (Phi) is 4.62. The summed E-state index contributed by atoms with van der Waals surface area (Å²) in [6, 6.07) is 7.49. The fourth-order valence-corrected chi connectivity index (χ4v) is 3.56. The number of thiol groups is 1. The van der Waals surface area contributed by atoms with Crippen molar-refractivity contribution in [1.29, 1.82) is 5.41 Å². The van der Waals surface area contributed by atoms with Gasteiger partial charge in [0.1, 0.15) is 24.1 Å². The number of aliphatic hydroxyl groups excluding tert-OH is 3. The van der Waals surface area contributed by atoms with Crippen LogP contribution in [0.4, 0.5) is 0 Å². The molecule has 0 aromatic heterocycles. The summed E-state index contributed by atoms with van der Waals surface area (Å²) >= 11 is 4.12. The smallest absolute Gasteiger partial charge is 0.177 e. The number of rotatable bonds is 3. The quantitative estimate of drug-likeness (QED) is 0.196. The molecule has 20 heavy (non-hydrogen) atoms. The molecule has 1 saturated heterocycles. The van der Waals surface area contributed by atoms with Crippen molar-refractivity contribution in [1.82, 2.24) is 0 Å².